The Bertz CT molecular complexity index is 777. The number of rotatable bonds is 2. The molecule has 100 valence electrons. The van der Waals surface area contributed by atoms with Crippen molar-refractivity contribution in [2.75, 3.05) is 11.1 Å². The number of H-pyrrole nitrogens is 1. The zero-order chi connectivity index (χ0) is 14.1. The number of halogens is 1. The molecule has 1 aromatic heterocycles. The normalized spacial score (nSPS) is 10.7. The number of carbonyl (C=O) groups excluding carboxylic acids is 1. The molecule has 5 heteroatoms. The van der Waals surface area contributed by atoms with E-state index in [0.29, 0.717) is 16.9 Å². The highest BCUT2D eigenvalue weighted by molar-refractivity contribution is 6.13. The fourth-order valence-corrected chi connectivity index (χ4v) is 2.06. The van der Waals surface area contributed by atoms with Crippen LogP contribution in [0, 0.1) is 5.82 Å². The Morgan fingerprint density at radius 2 is 1.90 bits per heavy atom. The third kappa shape index (κ3) is 2.21. The number of amides is 1. The minimum absolute atomic E-state index is 0.257. The van der Waals surface area contributed by atoms with Gasteiger partial charge in [0, 0.05) is 28.5 Å². The number of hydrogen-bond donors (Lipinski definition) is 3. The molecule has 0 aliphatic rings. The van der Waals surface area contributed by atoms with E-state index < -0.39 is 0 Å². The van der Waals surface area contributed by atoms with Crippen molar-refractivity contribution in [1.82, 2.24) is 4.98 Å². The lowest BCUT2D eigenvalue weighted by molar-refractivity contribution is 0.102. The van der Waals surface area contributed by atoms with Crippen LogP contribution in [0.25, 0.3) is 10.9 Å². The summed E-state index contributed by atoms with van der Waals surface area (Å²) in [4.78, 5) is 15.2. The molecule has 4 N–H and O–H groups in total. The van der Waals surface area contributed by atoms with Crippen molar-refractivity contribution in [3.63, 3.8) is 0 Å². The Kier molecular flexibility index (Phi) is 2.87. The molecule has 3 rings (SSSR count). The van der Waals surface area contributed by atoms with Crippen molar-refractivity contribution >= 4 is 28.2 Å². The third-order valence-electron chi connectivity index (χ3n) is 3.05. The zero-order valence-corrected chi connectivity index (χ0v) is 10.5. The van der Waals surface area contributed by atoms with Gasteiger partial charge in [0.05, 0.1) is 5.56 Å². The molecule has 1 amide bonds. The number of hydrogen-bond acceptors (Lipinski definition) is 2. The van der Waals surface area contributed by atoms with Crippen LogP contribution in [0.15, 0.2) is 48.7 Å². The number of aromatic amines is 1. The van der Waals surface area contributed by atoms with Crippen molar-refractivity contribution < 1.29 is 9.18 Å². The van der Waals surface area contributed by atoms with Crippen molar-refractivity contribution in [3.05, 3.63) is 60.0 Å². The number of nitrogen functional groups attached to an aromatic ring is 1. The van der Waals surface area contributed by atoms with E-state index in [4.69, 9.17) is 5.73 Å². The standard InChI is InChI=1S/C15H12FN3O/c16-9-1-4-11(5-2-9)19-15(20)13-8-18-14-7-10(17)3-6-12(13)14/h1-8,18H,17H2,(H,19,20). The van der Waals surface area contributed by atoms with E-state index in [1.54, 1.807) is 24.4 Å². The fourth-order valence-electron chi connectivity index (χ4n) is 2.06. The van der Waals surface area contributed by atoms with Gasteiger partial charge >= 0.3 is 0 Å². The average Bonchev–Trinajstić information content (AvgIpc) is 2.84. The number of fused-ring (bicyclic) bond motifs is 1. The smallest absolute Gasteiger partial charge is 0.257 e. The second-order valence-corrected chi connectivity index (χ2v) is 4.47. The molecule has 4 nitrogen and oxygen atoms in total. The van der Waals surface area contributed by atoms with Gasteiger partial charge in [-0.2, -0.15) is 0 Å². The Morgan fingerprint density at radius 3 is 2.65 bits per heavy atom. The molecule has 2 aromatic carbocycles. The molecular weight excluding hydrogens is 257 g/mol. The molecule has 1 heterocycles. The maximum absolute atomic E-state index is 12.8. The first-order valence-electron chi connectivity index (χ1n) is 6.07. The number of aromatic nitrogens is 1. The van der Waals surface area contributed by atoms with Gasteiger partial charge in [-0.25, -0.2) is 4.39 Å². The topological polar surface area (TPSA) is 70.9 Å². The molecule has 0 saturated carbocycles. The van der Waals surface area contributed by atoms with Crippen LogP contribution in [-0.2, 0) is 0 Å². The van der Waals surface area contributed by atoms with Crippen molar-refractivity contribution in [2.24, 2.45) is 0 Å². The summed E-state index contributed by atoms with van der Waals surface area (Å²) < 4.78 is 12.8. The molecule has 0 atom stereocenters. The predicted molar refractivity (Wildman–Crippen MR) is 77.1 cm³/mol. The molecule has 0 radical (unpaired) electrons. The van der Waals surface area contributed by atoms with Crippen LogP contribution < -0.4 is 11.1 Å². The van der Waals surface area contributed by atoms with E-state index in [0.717, 1.165) is 10.9 Å². The lowest BCUT2D eigenvalue weighted by Gasteiger charge is -2.04. The Labute approximate surface area is 114 Å². The van der Waals surface area contributed by atoms with Gasteiger partial charge in [-0.1, -0.05) is 0 Å². The Hall–Kier alpha value is -2.82. The van der Waals surface area contributed by atoms with Crippen molar-refractivity contribution in [3.8, 4) is 0 Å². The highest BCUT2D eigenvalue weighted by Gasteiger charge is 2.12. The van der Waals surface area contributed by atoms with E-state index in [2.05, 4.69) is 10.3 Å². The largest absolute Gasteiger partial charge is 0.399 e. The predicted octanol–water partition coefficient (Wildman–Crippen LogP) is 3.14. The molecule has 0 aliphatic heterocycles. The molecule has 0 spiro atoms. The van der Waals surface area contributed by atoms with E-state index >= 15 is 0 Å². The van der Waals surface area contributed by atoms with Crippen molar-refractivity contribution in [2.45, 2.75) is 0 Å². The van der Waals surface area contributed by atoms with Crippen LogP contribution in [0.1, 0.15) is 10.4 Å². The van der Waals surface area contributed by atoms with Crippen LogP contribution in [0.4, 0.5) is 15.8 Å². The second-order valence-electron chi connectivity index (χ2n) is 4.47. The van der Waals surface area contributed by atoms with Crippen LogP contribution in [0.3, 0.4) is 0 Å². The van der Waals surface area contributed by atoms with Crippen LogP contribution in [0.2, 0.25) is 0 Å². The fraction of sp³-hybridized carbons (Fsp3) is 0. The third-order valence-corrected chi connectivity index (χ3v) is 3.05. The van der Waals surface area contributed by atoms with Crippen LogP contribution in [-0.4, -0.2) is 10.9 Å². The van der Waals surface area contributed by atoms with Crippen LogP contribution >= 0.6 is 0 Å². The molecule has 0 fully saturated rings. The summed E-state index contributed by atoms with van der Waals surface area (Å²) >= 11 is 0. The first-order chi connectivity index (χ1) is 9.63. The van der Waals surface area contributed by atoms with Gasteiger partial charge in [-0.05, 0) is 42.5 Å². The van der Waals surface area contributed by atoms with Gasteiger partial charge in [0.15, 0.2) is 0 Å². The number of carbonyl (C=O) groups is 1. The molecule has 0 saturated heterocycles. The van der Waals surface area contributed by atoms with Crippen molar-refractivity contribution in [1.29, 1.82) is 0 Å². The summed E-state index contributed by atoms with van der Waals surface area (Å²) in [5.41, 5.74) is 8.18. The summed E-state index contributed by atoms with van der Waals surface area (Å²) in [6, 6.07) is 10.9. The molecule has 0 aliphatic carbocycles. The SMILES string of the molecule is Nc1ccc2c(C(=O)Nc3ccc(F)cc3)c[nH]c2c1. The lowest BCUT2D eigenvalue weighted by Crippen LogP contribution is -2.11. The number of nitrogens with one attached hydrogen (secondary N) is 2. The van der Waals surface area contributed by atoms with Gasteiger partial charge < -0.3 is 16.0 Å². The van der Waals surface area contributed by atoms with Gasteiger partial charge in [-0.15, -0.1) is 0 Å². The number of anilines is 2. The van der Waals surface area contributed by atoms with E-state index in [1.165, 1.54) is 24.3 Å². The lowest BCUT2D eigenvalue weighted by atomic mass is 10.1. The van der Waals surface area contributed by atoms with Gasteiger partial charge in [0.1, 0.15) is 5.82 Å². The van der Waals surface area contributed by atoms with E-state index in [9.17, 15) is 9.18 Å². The first-order valence-corrected chi connectivity index (χ1v) is 6.07. The first kappa shape index (κ1) is 12.2. The monoisotopic (exact) mass is 269 g/mol. The summed E-state index contributed by atoms with van der Waals surface area (Å²) in [7, 11) is 0. The molecular formula is C15H12FN3O. The van der Waals surface area contributed by atoms with Gasteiger partial charge in [-0.3, -0.25) is 4.79 Å². The Morgan fingerprint density at radius 1 is 1.15 bits per heavy atom. The summed E-state index contributed by atoms with van der Waals surface area (Å²) in [5, 5.41) is 3.51. The Balaban J connectivity index is 1.91. The molecule has 20 heavy (non-hydrogen) atoms. The minimum Gasteiger partial charge on any atom is -0.399 e. The summed E-state index contributed by atoms with van der Waals surface area (Å²) in [6.45, 7) is 0. The van der Waals surface area contributed by atoms with Gasteiger partial charge in [0.25, 0.3) is 5.91 Å². The number of benzene rings is 2. The van der Waals surface area contributed by atoms with Gasteiger partial charge in [0.2, 0.25) is 0 Å². The summed E-state index contributed by atoms with van der Waals surface area (Å²) in [6.07, 6.45) is 1.63. The van der Waals surface area contributed by atoms with E-state index in [-0.39, 0.29) is 11.7 Å². The maximum atomic E-state index is 12.8. The molecule has 0 bridgehead atoms. The maximum Gasteiger partial charge on any atom is 0.257 e. The zero-order valence-electron chi connectivity index (χ0n) is 10.5. The summed E-state index contributed by atoms with van der Waals surface area (Å²) in [5.74, 6) is -0.599. The van der Waals surface area contributed by atoms with Crippen LogP contribution in [0.5, 0.6) is 0 Å². The van der Waals surface area contributed by atoms with E-state index in [1.807, 2.05) is 0 Å². The molecule has 3 aromatic rings. The minimum atomic E-state index is -0.342. The number of nitrogens with two attached hydrogens (primary N) is 1. The highest BCUT2D eigenvalue weighted by Crippen LogP contribution is 2.21. The second kappa shape index (κ2) is 4.70. The average molecular weight is 269 g/mol. The highest BCUT2D eigenvalue weighted by atomic mass is 19.1. The quantitative estimate of drug-likeness (QED) is 0.625. The molecule has 0 unspecified atom stereocenters.